The highest BCUT2D eigenvalue weighted by molar-refractivity contribution is 5.86. The van der Waals surface area contributed by atoms with Crippen molar-refractivity contribution in [3.05, 3.63) is 201 Å². The third kappa shape index (κ3) is 7.92. The van der Waals surface area contributed by atoms with Gasteiger partial charge in [-0.05, 0) is 72.2 Å². The summed E-state index contributed by atoms with van der Waals surface area (Å²) < 4.78 is 0. The lowest BCUT2D eigenvalue weighted by Crippen LogP contribution is -2.10. The Labute approximate surface area is 308 Å². The lowest BCUT2D eigenvalue weighted by atomic mass is 9.85. The predicted molar refractivity (Wildman–Crippen MR) is 216 cm³/mol. The van der Waals surface area contributed by atoms with Crippen LogP contribution in [-0.4, -0.2) is 22.6 Å². The van der Waals surface area contributed by atoms with Gasteiger partial charge in [-0.25, -0.2) is 0 Å². The smallest absolute Gasteiger partial charge is 0.128 e. The van der Waals surface area contributed by atoms with Gasteiger partial charge in [-0.15, -0.1) is 0 Å². The maximum atomic E-state index is 11.8. The molecule has 0 radical (unpaired) electrons. The van der Waals surface area contributed by atoms with Crippen molar-refractivity contribution in [1.29, 1.82) is 0 Å². The number of hydrogen-bond acceptors (Lipinski definition) is 4. The molecule has 0 fully saturated rings. The third-order valence-corrected chi connectivity index (χ3v) is 10.2. The molecule has 0 unspecified atom stereocenters. The van der Waals surface area contributed by atoms with Crippen molar-refractivity contribution >= 4 is 12.4 Å². The van der Waals surface area contributed by atoms with Gasteiger partial charge in [0.25, 0.3) is 0 Å². The van der Waals surface area contributed by atoms with Crippen molar-refractivity contribution in [3.8, 4) is 11.5 Å². The maximum Gasteiger partial charge on any atom is 0.128 e. The molecule has 0 aromatic heterocycles. The van der Waals surface area contributed by atoms with Gasteiger partial charge in [-0.1, -0.05) is 147 Å². The van der Waals surface area contributed by atoms with Crippen LogP contribution in [0.15, 0.2) is 156 Å². The number of nitrogens with zero attached hydrogens (tertiary/aromatic N) is 2. The van der Waals surface area contributed by atoms with Crippen molar-refractivity contribution in [3.63, 3.8) is 0 Å². The van der Waals surface area contributed by atoms with Gasteiger partial charge in [0, 0.05) is 46.5 Å². The summed E-state index contributed by atoms with van der Waals surface area (Å²) in [5, 5.41) is 23.6. The number of aromatic hydroxyl groups is 2. The van der Waals surface area contributed by atoms with E-state index in [1.165, 1.54) is 11.1 Å². The van der Waals surface area contributed by atoms with Crippen LogP contribution in [0, 0.1) is 13.8 Å². The number of phenolic OH excluding ortho intramolecular Hbond substituents is 2. The first-order chi connectivity index (χ1) is 25.4. The molecule has 0 saturated carbocycles. The van der Waals surface area contributed by atoms with E-state index in [9.17, 15) is 10.2 Å². The van der Waals surface area contributed by atoms with Gasteiger partial charge in [-0.3, -0.25) is 9.98 Å². The topological polar surface area (TPSA) is 65.2 Å². The Morgan fingerprint density at radius 1 is 0.442 bits per heavy atom. The average Bonchev–Trinajstić information content (AvgIpc) is 3.19. The molecule has 0 spiro atoms. The first-order valence-corrected chi connectivity index (χ1v) is 18.3. The summed E-state index contributed by atoms with van der Waals surface area (Å²) in [7, 11) is 0. The zero-order valence-corrected chi connectivity index (χ0v) is 30.5. The second-order valence-electron chi connectivity index (χ2n) is 13.5. The summed E-state index contributed by atoms with van der Waals surface area (Å²) in [6.45, 7) is 8.43. The Hall–Kier alpha value is -5.74. The Morgan fingerprint density at radius 2 is 0.750 bits per heavy atom. The van der Waals surface area contributed by atoms with Crippen LogP contribution in [0.25, 0.3) is 0 Å². The van der Waals surface area contributed by atoms with Gasteiger partial charge in [-0.2, -0.15) is 0 Å². The molecule has 2 N–H and O–H groups in total. The number of aryl methyl sites for hydroxylation is 2. The zero-order chi connectivity index (χ0) is 36.5. The molecule has 0 aliphatic rings. The molecule has 0 bridgehead atoms. The molecular formula is C48H48N2O2. The Kier molecular flexibility index (Phi) is 11.8. The van der Waals surface area contributed by atoms with Gasteiger partial charge in [0.2, 0.25) is 0 Å². The summed E-state index contributed by atoms with van der Waals surface area (Å²) >= 11 is 0. The third-order valence-electron chi connectivity index (χ3n) is 10.2. The van der Waals surface area contributed by atoms with Gasteiger partial charge in [0.1, 0.15) is 23.6 Å². The van der Waals surface area contributed by atoms with Gasteiger partial charge >= 0.3 is 0 Å². The number of hydrogen-bond donors (Lipinski definition) is 2. The Balaban J connectivity index is 1.43. The second-order valence-corrected chi connectivity index (χ2v) is 13.5. The highest BCUT2D eigenvalue weighted by atomic mass is 16.3. The fourth-order valence-electron chi connectivity index (χ4n) is 7.44. The van der Waals surface area contributed by atoms with E-state index >= 15 is 0 Å². The van der Waals surface area contributed by atoms with E-state index in [0.29, 0.717) is 11.1 Å². The van der Waals surface area contributed by atoms with Crippen LogP contribution in [0.4, 0.5) is 0 Å². The number of aliphatic imine (C=N–C) groups is 2. The first kappa shape index (κ1) is 36.1. The van der Waals surface area contributed by atoms with Gasteiger partial charge in [0.15, 0.2) is 0 Å². The van der Waals surface area contributed by atoms with Crippen LogP contribution in [-0.2, 0) is 0 Å². The van der Waals surface area contributed by atoms with Crippen LogP contribution in [0.1, 0.15) is 106 Å². The van der Waals surface area contributed by atoms with E-state index in [1.807, 2.05) is 84.9 Å². The van der Waals surface area contributed by atoms with Crippen molar-refractivity contribution in [2.75, 3.05) is 0 Å². The number of rotatable bonds is 13. The molecular weight excluding hydrogens is 637 g/mol. The summed E-state index contributed by atoms with van der Waals surface area (Å²) in [5.41, 5.74) is 9.63. The van der Waals surface area contributed by atoms with Crippen molar-refractivity contribution in [2.24, 2.45) is 9.98 Å². The van der Waals surface area contributed by atoms with Crippen LogP contribution >= 0.6 is 0 Å². The van der Waals surface area contributed by atoms with E-state index in [4.69, 9.17) is 9.98 Å². The van der Waals surface area contributed by atoms with Crippen LogP contribution in [0.2, 0.25) is 0 Å². The quantitative estimate of drug-likeness (QED) is 0.119. The second kappa shape index (κ2) is 17.0. The Bertz CT molecular complexity index is 1960. The fourth-order valence-corrected chi connectivity index (χ4v) is 7.44. The molecule has 52 heavy (non-hydrogen) atoms. The molecule has 262 valence electrons. The lowest BCUT2D eigenvalue weighted by Gasteiger charge is -2.23. The molecule has 4 heteroatoms. The molecule has 6 aromatic carbocycles. The molecule has 4 atom stereocenters. The SMILES string of the molecule is CC[C@H](c1ccccc1)c1c(C)ccc(C=N[C@@H](c2ccccc2)[C@@H](N=Cc2ccc(C)c([C@H](CC)c3ccccc3)c2O)c2ccccc2)c1O. The maximum absolute atomic E-state index is 11.8. The summed E-state index contributed by atoms with van der Waals surface area (Å²) in [6, 6.07) is 48.3. The lowest BCUT2D eigenvalue weighted by molar-refractivity contribution is 0.461. The monoisotopic (exact) mass is 684 g/mol. The van der Waals surface area contributed by atoms with Crippen molar-refractivity contribution < 1.29 is 10.2 Å². The van der Waals surface area contributed by atoms with E-state index in [1.54, 1.807) is 12.4 Å². The largest absolute Gasteiger partial charge is 0.507 e. The highest BCUT2D eigenvalue weighted by Gasteiger charge is 2.26. The van der Waals surface area contributed by atoms with E-state index in [-0.39, 0.29) is 23.3 Å². The summed E-state index contributed by atoms with van der Waals surface area (Å²) in [5.74, 6) is 0.629. The van der Waals surface area contributed by atoms with Crippen molar-refractivity contribution in [2.45, 2.75) is 64.5 Å². The highest BCUT2D eigenvalue weighted by Crippen LogP contribution is 2.41. The predicted octanol–water partition coefficient (Wildman–Crippen LogP) is 11.8. The molecule has 0 aliphatic carbocycles. The summed E-state index contributed by atoms with van der Waals surface area (Å²) in [4.78, 5) is 10.4. The van der Waals surface area contributed by atoms with Crippen LogP contribution < -0.4 is 0 Å². The number of phenols is 2. The minimum atomic E-state index is -0.417. The minimum absolute atomic E-state index is 0.0578. The average molecular weight is 685 g/mol. The van der Waals surface area contributed by atoms with E-state index in [2.05, 4.69) is 88.4 Å². The molecule has 6 rings (SSSR count). The molecule has 0 aliphatic heterocycles. The van der Waals surface area contributed by atoms with E-state index < -0.39 is 12.1 Å². The zero-order valence-electron chi connectivity index (χ0n) is 30.5. The minimum Gasteiger partial charge on any atom is -0.507 e. The Morgan fingerprint density at radius 3 is 1.06 bits per heavy atom. The van der Waals surface area contributed by atoms with Crippen LogP contribution in [0.3, 0.4) is 0 Å². The molecule has 4 nitrogen and oxygen atoms in total. The normalized spacial score (nSPS) is 14.0. The van der Waals surface area contributed by atoms with E-state index in [0.717, 1.165) is 46.2 Å². The molecule has 0 heterocycles. The van der Waals surface area contributed by atoms with Crippen molar-refractivity contribution in [1.82, 2.24) is 0 Å². The fraction of sp³-hybridized carbons (Fsp3) is 0.208. The molecule has 0 saturated heterocycles. The standard InChI is InChI=1S/C48H48N2O2/c1-5-41(35-19-11-7-12-20-35)43-33(3)27-29-39(47(43)51)31-49-45(37-23-15-9-16-24-37)46(38-25-17-10-18-26-38)50-32-40-30-28-34(4)44(48(40)52)42(6-2)36-21-13-8-14-22-36/h7-32,41-42,45-46,51-52H,5-6H2,1-4H3/t41-,42-,45+,46+/m1/s1. The summed E-state index contributed by atoms with van der Waals surface area (Å²) in [6.07, 6.45) is 5.31. The first-order valence-electron chi connectivity index (χ1n) is 18.3. The van der Waals surface area contributed by atoms with Crippen LogP contribution in [0.5, 0.6) is 11.5 Å². The number of benzene rings is 6. The van der Waals surface area contributed by atoms with Gasteiger partial charge < -0.3 is 10.2 Å². The molecule has 0 amide bonds. The molecule has 6 aromatic rings. The van der Waals surface area contributed by atoms with Gasteiger partial charge in [0.05, 0.1) is 0 Å².